The van der Waals surface area contributed by atoms with Gasteiger partial charge in [-0.25, -0.2) is 9.18 Å². The van der Waals surface area contributed by atoms with Gasteiger partial charge in [-0.05, 0) is 79.9 Å². The fraction of sp³-hybridized carbons (Fsp3) is 0.167. The monoisotopic (exact) mass is 528 g/mol. The van der Waals surface area contributed by atoms with Crippen LogP contribution in [0.1, 0.15) is 48.4 Å². The number of hydrogen-bond donors (Lipinski definition) is 1. The number of amides is 2. The number of rotatable bonds is 5. The molecule has 0 spiro atoms. The number of aryl methyl sites for hydroxylation is 1. The highest BCUT2D eigenvalue weighted by molar-refractivity contribution is 7.17. The number of carbonyl (C=O) groups excluding carboxylic acids is 3. The molecule has 1 N–H and O–H groups in total. The van der Waals surface area contributed by atoms with Crippen molar-refractivity contribution in [2.75, 3.05) is 23.4 Å². The molecule has 4 aromatic rings. The van der Waals surface area contributed by atoms with E-state index >= 15 is 0 Å². The largest absolute Gasteiger partial charge is 0.462 e. The number of para-hydroxylation sites is 1. The Morgan fingerprint density at radius 2 is 1.79 bits per heavy atom. The summed E-state index contributed by atoms with van der Waals surface area (Å²) in [6.07, 6.45) is 0.590. The van der Waals surface area contributed by atoms with Gasteiger partial charge in [0, 0.05) is 33.8 Å². The number of thiophene rings is 1. The van der Waals surface area contributed by atoms with Gasteiger partial charge in [0.1, 0.15) is 10.7 Å². The van der Waals surface area contributed by atoms with E-state index in [0.717, 1.165) is 21.7 Å². The van der Waals surface area contributed by atoms with Crippen LogP contribution in [0.2, 0.25) is 0 Å². The molecule has 0 radical (unpaired) electrons. The first-order valence-corrected chi connectivity index (χ1v) is 13.1. The highest BCUT2D eigenvalue weighted by Gasteiger charge is 2.27. The van der Waals surface area contributed by atoms with Gasteiger partial charge in [-0.3, -0.25) is 9.59 Å². The number of carbonyl (C=O) groups is 3. The van der Waals surface area contributed by atoms with E-state index in [2.05, 4.69) is 5.32 Å². The molecule has 6 nitrogen and oxygen atoms in total. The van der Waals surface area contributed by atoms with Crippen molar-refractivity contribution < 1.29 is 23.5 Å². The van der Waals surface area contributed by atoms with E-state index in [4.69, 9.17) is 4.74 Å². The van der Waals surface area contributed by atoms with Crippen LogP contribution in [0.5, 0.6) is 0 Å². The summed E-state index contributed by atoms with van der Waals surface area (Å²) in [5, 5.41) is 2.76. The quantitative estimate of drug-likeness (QED) is 0.300. The molecule has 1 aliphatic rings. The minimum Gasteiger partial charge on any atom is -0.462 e. The number of esters is 1. The minimum atomic E-state index is -0.481. The SMILES string of the molecule is CCOC(=O)c1cc2c(s1)-c1ccccc1N(C(=O)c1ccc(NC(=O)c3cc(F)ccc3C)cc1)CC2. The average Bonchev–Trinajstić information content (AvgIpc) is 3.28. The first kappa shape index (κ1) is 25.4. The molecule has 0 bridgehead atoms. The van der Waals surface area contributed by atoms with E-state index in [1.54, 1.807) is 49.1 Å². The molecule has 0 saturated heterocycles. The summed E-state index contributed by atoms with van der Waals surface area (Å²) in [7, 11) is 0. The Bertz CT molecular complexity index is 1540. The highest BCUT2D eigenvalue weighted by Crippen LogP contribution is 2.42. The van der Waals surface area contributed by atoms with Crippen LogP contribution < -0.4 is 10.2 Å². The standard InChI is InChI=1S/C30H25FN2O4S/c1-3-37-30(36)26-16-20-14-15-33(25-7-5-4-6-23(25)27(20)38-26)29(35)19-9-12-22(13-10-19)32-28(34)24-17-21(31)11-8-18(24)2/h4-13,16-17H,3,14-15H2,1-2H3,(H,32,34). The first-order valence-electron chi connectivity index (χ1n) is 12.2. The van der Waals surface area contributed by atoms with Crippen molar-refractivity contribution in [3.05, 3.63) is 106 Å². The molecule has 0 atom stereocenters. The van der Waals surface area contributed by atoms with Crippen molar-refractivity contribution in [1.82, 2.24) is 0 Å². The van der Waals surface area contributed by atoms with Gasteiger partial charge in [0.05, 0.1) is 12.3 Å². The number of ether oxygens (including phenoxy) is 1. The number of benzene rings is 3. The predicted octanol–water partition coefficient (Wildman–Crippen LogP) is 6.49. The zero-order valence-electron chi connectivity index (χ0n) is 20.9. The molecule has 1 aliphatic heterocycles. The second-order valence-electron chi connectivity index (χ2n) is 8.90. The highest BCUT2D eigenvalue weighted by atomic mass is 32.1. The molecule has 2 amide bonds. The van der Waals surface area contributed by atoms with Crippen LogP contribution >= 0.6 is 11.3 Å². The summed E-state index contributed by atoms with van der Waals surface area (Å²) in [5.41, 5.74) is 4.56. The topological polar surface area (TPSA) is 75.7 Å². The maximum absolute atomic E-state index is 13.6. The Balaban J connectivity index is 1.38. The number of hydrogen-bond acceptors (Lipinski definition) is 5. The normalized spacial score (nSPS) is 12.2. The Labute approximate surface area is 223 Å². The van der Waals surface area contributed by atoms with E-state index in [1.807, 2.05) is 30.3 Å². The lowest BCUT2D eigenvalue weighted by Gasteiger charge is -2.23. The van der Waals surface area contributed by atoms with Crippen molar-refractivity contribution in [3.8, 4) is 10.4 Å². The van der Waals surface area contributed by atoms with Gasteiger partial charge in [0.25, 0.3) is 11.8 Å². The fourth-order valence-electron chi connectivity index (χ4n) is 4.50. The summed E-state index contributed by atoms with van der Waals surface area (Å²) in [4.78, 5) is 41.8. The van der Waals surface area contributed by atoms with Crippen LogP contribution in [0.4, 0.5) is 15.8 Å². The third-order valence-corrected chi connectivity index (χ3v) is 7.60. The van der Waals surface area contributed by atoms with Crippen LogP contribution in [-0.2, 0) is 11.2 Å². The van der Waals surface area contributed by atoms with Gasteiger partial charge in [0.15, 0.2) is 0 Å². The zero-order valence-corrected chi connectivity index (χ0v) is 21.7. The van der Waals surface area contributed by atoms with Crippen LogP contribution in [-0.4, -0.2) is 30.9 Å². The van der Waals surface area contributed by atoms with Gasteiger partial charge in [-0.1, -0.05) is 24.3 Å². The van der Waals surface area contributed by atoms with Gasteiger partial charge < -0.3 is 15.0 Å². The van der Waals surface area contributed by atoms with Crippen molar-refractivity contribution >= 4 is 40.5 Å². The molecule has 0 unspecified atom stereocenters. The number of nitrogens with one attached hydrogen (secondary N) is 1. The molecule has 38 heavy (non-hydrogen) atoms. The lowest BCUT2D eigenvalue weighted by molar-refractivity contribution is 0.0531. The summed E-state index contributed by atoms with van der Waals surface area (Å²) in [6.45, 7) is 4.28. The zero-order chi connectivity index (χ0) is 26.8. The molecule has 3 aromatic carbocycles. The Morgan fingerprint density at radius 3 is 2.55 bits per heavy atom. The molecule has 5 rings (SSSR count). The molecule has 2 heterocycles. The number of nitrogens with zero attached hydrogens (tertiary/aromatic N) is 1. The minimum absolute atomic E-state index is 0.169. The Hall–Kier alpha value is -4.30. The van der Waals surface area contributed by atoms with Gasteiger partial charge >= 0.3 is 5.97 Å². The van der Waals surface area contributed by atoms with Crippen molar-refractivity contribution in [1.29, 1.82) is 0 Å². The van der Waals surface area contributed by atoms with E-state index in [1.165, 1.54) is 23.5 Å². The first-order chi connectivity index (χ1) is 18.4. The molecular weight excluding hydrogens is 503 g/mol. The summed E-state index contributed by atoms with van der Waals surface area (Å²) < 4.78 is 18.8. The number of fused-ring (bicyclic) bond motifs is 3. The van der Waals surface area contributed by atoms with Gasteiger partial charge in [0.2, 0.25) is 0 Å². The molecule has 8 heteroatoms. The fourth-order valence-corrected chi connectivity index (χ4v) is 5.64. The van der Waals surface area contributed by atoms with Crippen molar-refractivity contribution in [2.24, 2.45) is 0 Å². The lowest BCUT2D eigenvalue weighted by Crippen LogP contribution is -2.32. The molecule has 192 valence electrons. The van der Waals surface area contributed by atoms with Gasteiger partial charge in [-0.2, -0.15) is 0 Å². The molecular formula is C30H25FN2O4S. The maximum Gasteiger partial charge on any atom is 0.348 e. The van der Waals surface area contributed by atoms with E-state index in [-0.39, 0.29) is 17.4 Å². The third-order valence-electron chi connectivity index (χ3n) is 6.41. The van der Waals surface area contributed by atoms with E-state index in [9.17, 15) is 18.8 Å². The second kappa shape index (κ2) is 10.6. The molecule has 0 fully saturated rings. The van der Waals surface area contributed by atoms with Crippen LogP contribution in [0, 0.1) is 12.7 Å². The smallest absolute Gasteiger partial charge is 0.348 e. The maximum atomic E-state index is 13.6. The molecule has 0 aliphatic carbocycles. The summed E-state index contributed by atoms with van der Waals surface area (Å²) in [6, 6.07) is 20.2. The number of anilines is 2. The average molecular weight is 529 g/mol. The summed E-state index contributed by atoms with van der Waals surface area (Å²) in [5.74, 6) is -1.41. The number of halogens is 1. The second-order valence-corrected chi connectivity index (χ2v) is 9.95. The molecule has 1 aromatic heterocycles. The Morgan fingerprint density at radius 1 is 1.03 bits per heavy atom. The van der Waals surface area contributed by atoms with E-state index < -0.39 is 11.7 Å². The van der Waals surface area contributed by atoms with Crippen molar-refractivity contribution in [3.63, 3.8) is 0 Å². The predicted molar refractivity (Wildman–Crippen MR) is 147 cm³/mol. The van der Waals surface area contributed by atoms with E-state index in [0.29, 0.717) is 41.3 Å². The third kappa shape index (κ3) is 4.95. The van der Waals surface area contributed by atoms with Crippen LogP contribution in [0.3, 0.4) is 0 Å². The van der Waals surface area contributed by atoms with Crippen LogP contribution in [0.15, 0.2) is 72.8 Å². The van der Waals surface area contributed by atoms with Crippen LogP contribution in [0.25, 0.3) is 10.4 Å². The lowest BCUT2D eigenvalue weighted by atomic mass is 10.1. The summed E-state index contributed by atoms with van der Waals surface area (Å²) >= 11 is 1.38. The van der Waals surface area contributed by atoms with Gasteiger partial charge in [-0.15, -0.1) is 11.3 Å². The van der Waals surface area contributed by atoms with Crippen molar-refractivity contribution in [2.45, 2.75) is 20.3 Å². The Kier molecular flexibility index (Phi) is 7.07. The molecule has 0 saturated carbocycles.